The normalized spacial score (nSPS) is 17.2. The third-order valence-electron chi connectivity index (χ3n) is 4.43. The summed E-state index contributed by atoms with van der Waals surface area (Å²) in [5, 5.41) is 21.4. The first-order valence-electron chi connectivity index (χ1n) is 9.22. The number of carbonyl (C=O) groups is 1. The van der Waals surface area contributed by atoms with E-state index < -0.39 is 53.8 Å². The van der Waals surface area contributed by atoms with Crippen molar-refractivity contribution in [3.8, 4) is 5.75 Å². The van der Waals surface area contributed by atoms with Crippen molar-refractivity contribution >= 4 is 55.6 Å². The lowest BCUT2D eigenvalue weighted by atomic mass is 10.1. The number of carbonyl (C=O) groups excluding carboxylic acids is 1. The summed E-state index contributed by atoms with van der Waals surface area (Å²) in [4.78, 5) is 25.4. The number of halogens is 3. The van der Waals surface area contributed by atoms with Gasteiger partial charge in [-0.3, -0.25) is 20.3 Å². The minimum atomic E-state index is -4.77. The molecule has 4 rings (SSSR count). The number of aliphatic imine (C=N–C) groups is 1. The molecule has 0 atom stereocenters. The summed E-state index contributed by atoms with van der Waals surface area (Å²) < 4.78 is 68.6. The number of nitro benzene ring substituents is 1. The second kappa shape index (κ2) is 8.62. The molecular weight excluding hydrogens is 515 g/mol. The molecule has 0 aromatic heterocycles. The second-order valence-electron chi connectivity index (χ2n) is 6.75. The van der Waals surface area contributed by atoms with Crippen LogP contribution in [0, 0.1) is 15.5 Å². The van der Waals surface area contributed by atoms with Crippen LogP contribution in [0.5, 0.6) is 5.75 Å². The van der Waals surface area contributed by atoms with Crippen molar-refractivity contribution in [2.75, 3.05) is 0 Å². The maximum absolute atomic E-state index is 12.9. The van der Waals surface area contributed by atoms with E-state index in [1.54, 1.807) is 0 Å². The van der Waals surface area contributed by atoms with E-state index in [0.29, 0.717) is 5.01 Å². The number of para-hydroxylation sites is 1. The van der Waals surface area contributed by atoms with Crippen LogP contribution >= 0.6 is 11.8 Å². The van der Waals surface area contributed by atoms with E-state index in [-0.39, 0.29) is 28.6 Å². The van der Waals surface area contributed by atoms with Gasteiger partial charge in [-0.05, 0) is 41.6 Å². The Kier molecular flexibility index (Phi) is 5.93. The first kappa shape index (κ1) is 24.1. The highest BCUT2D eigenvalue weighted by Crippen LogP contribution is 2.35. The Labute approximate surface area is 198 Å². The summed E-state index contributed by atoms with van der Waals surface area (Å²) in [5.41, 5.74) is -0.749. The highest BCUT2D eigenvalue weighted by atomic mass is 32.2. The van der Waals surface area contributed by atoms with E-state index in [2.05, 4.69) is 10.1 Å². The van der Waals surface area contributed by atoms with Gasteiger partial charge in [0.2, 0.25) is 10.2 Å². The van der Waals surface area contributed by atoms with Crippen LogP contribution in [0.3, 0.4) is 0 Å². The van der Waals surface area contributed by atoms with E-state index in [1.165, 1.54) is 36.4 Å². The number of thioether (sulfide) groups is 1. The zero-order valence-electron chi connectivity index (χ0n) is 16.9. The van der Waals surface area contributed by atoms with Crippen LogP contribution in [0.1, 0.15) is 5.56 Å². The van der Waals surface area contributed by atoms with Crippen LogP contribution in [0.2, 0.25) is 0 Å². The fourth-order valence-corrected chi connectivity index (χ4v) is 4.74. The van der Waals surface area contributed by atoms with Gasteiger partial charge in [0.05, 0.1) is 10.5 Å². The minimum absolute atomic E-state index is 0.122. The molecule has 0 aliphatic carbocycles. The molecule has 0 bridgehead atoms. The van der Waals surface area contributed by atoms with Gasteiger partial charge in [0.25, 0.3) is 11.6 Å². The number of fused-ring (bicyclic) bond motifs is 1. The van der Waals surface area contributed by atoms with Gasteiger partial charge in [0, 0.05) is 6.07 Å². The quantitative estimate of drug-likeness (QED) is 0.269. The van der Waals surface area contributed by atoms with E-state index >= 15 is 0 Å². The predicted octanol–water partition coefficient (Wildman–Crippen LogP) is 3.54. The monoisotopic (exact) mass is 525 g/mol. The zero-order valence-corrected chi connectivity index (χ0v) is 18.5. The van der Waals surface area contributed by atoms with Gasteiger partial charge in [-0.15, -0.1) is 0 Å². The molecule has 0 radical (unpaired) electrons. The van der Waals surface area contributed by atoms with Gasteiger partial charge < -0.3 is 4.18 Å². The summed E-state index contributed by atoms with van der Waals surface area (Å²) in [6.07, 6.45) is -3.61. The summed E-state index contributed by atoms with van der Waals surface area (Å²) in [7, 11) is -4.55. The van der Waals surface area contributed by atoms with Crippen molar-refractivity contribution in [1.82, 2.24) is 5.01 Å². The second-order valence-corrected chi connectivity index (χ2v) is 9.22. The molecule has 0 saturated heterocycles. The Hall–Kier alpha value is -4.05. The van der Waals surface area contributed by atoms with Crippen molar-refractivity contribution < 1.29 is 35.5 Å². The summed E-state index contributed by atoms with van der Waals surface area (Å²) >= 11 is 0.122. The first-order chi connectivity index (χ1) is 16.4. The molecule has 2 heterocycles. The number of hydrogen-bond acceptors (Lipinski definition) is 9. The number of nitrogens with one attached hydrogen (secondary N) is 1. The number of hydrazone groups is 1. The third-order valence-corrected chi connectivity index (χ3v) is 6.67. The van der Waals surface area contributed by atoms with E-state index in [0.717, 1.165) is 18.2 Å². The van der Waals surface area contributed by atoms with Gasteiger partial charge in [0.1, 0.15) is 5.75 Å². The van der Waals surface area contributed by atoms with Crippen molar-refractivity contribution in [3.05, 3.63) is 69.8 Å². The Morgan fingerprint density at radius 1 is 1.14 bits per heavy atom. The van der Waals surface area contributed by atoms with Gasteiger partial charge >= 0.3 is 16.3 Å². The Morgan fingerprint density at radius 2 is 1.80 bits per heavy atom. The van der Waals surface area contributed by atoms with Crippen LogP contribution in [-0.4, -0.2) is 46.5 Å². The molecule has 35 heavy (non-hydrogen) atoms. The molecule has 11 nitrogen and oxygen atoms in total. The van der Waals surface area contributed by atoms with Crippen LogP contribution in [0.4, 0.5) is 18.9 Å². The molecule has 1 amide bonds. The molecule has 1 N–H and O–H groups in total. The Bertz CT molecular complexity index is 1470. The van der Waals surface area contributed by atoms with Crippen LogP contribution in [-0.2, 0) is 14.9 Å². The average Bonchev–Trinajstić information content (AvgIpc) is 3.22. The molecule has 0 fully saturated rings. The van der Waals surface area contributed by atoms with Crippen molar-refractivity contribution in [1.29, 1.82) is 5.41 Å². The van der Waals surface area contributed by atoms with Gasteiger partial charge in [0.15, 0.2) is 10.7 Å². The van der Waals surface area contributed by atoms with Crippen molar-refractivity contribution in [2.24, 2.45) is 10.1 Å². The predicted molar refractivity (Wildman–Crippen MR) is 118 cm³/mol. The van der Waals surface area contributed by atoms with E-state index in [1.807, 2.05) is 0 Å². The number of rotatable bonds is 5. The van der Waals surface area contributed by atoms with Crippen LogP contribution in [0.25, 0.3) is 6.08 Å². The average molecular weight is 525 g/mol. The SMILES string of the molecule is N=C1/C(=C/c2ccc(OS(=O)(=O)c3ccccc3[N+](=O)[O-])cc2)C(=O)N=C2SC(C(F)(F)F)=NN12. The molecule has 0 unspecified atom stereocenters. The molecule has 2 aliphatic heterocycles. The zero-order chi connectivity index (χ0) is 25.5. The highest BCUT2D eigenvalue weighted by molar-refractivity contribution is 8.27. The van der Waals surface area contributed by atoms with Crippen LogP contribution < -0.4 is 4.18 Å². The Morgan fingerprint density at radius 3 is 2.43 bits per heavy atom. The van der Waals surface area contributed by atoms with Crippen LogP contribution in [0.15, 0.2) is 69.1 Å². The fraction of sp³-hybridized carbons (Fsp3) is 0.0526. The smallest absolute Gasteiger partial charge is 0.379 e. The maximum atomic E-state index is 12.9. The standard InChI is InChI=1S/C19H10F3N5O6S2/c20-19(21,22)17-25-26-15(23)12(16(28)24-18(26)34-17)9-10-5-7-11(8-6-10)33-35(31,32)14-4-2-1-3-13(14)27(29)30/h1-9,23H/b12-9-,23-15?. The molecule has 2 aliphatic rings. The Balaban J connectivity index is 1.57. The fourth-order valence-electron chi connectivity index (χ4n) is 2.88. The molecular formula is C19H10F3N5O6S2. The highest BCUT2D eigenvalue weighted by Gasteiger charge is 2.46. The topological polar surface area (TPSA) is 155 Å². The first-order valence-corrected chi connectivity index (χ1v) is 11.4. The third kappa shape index (κ3) is 4.78. The van der Waals surface area contributed by atoms with Crippen molar-refractivity contribution in [2.45, 2.75) is 11.1 Å². The maximum Gasteiger partial charge on any atom is 0.441 e. The number of nitrogens with zero attached hydrogens (tertiary/aromatic N) is 4. The number of amidine groups is 2. The van der Waals surface area contributed by atoms with E-state index in [9.17, 15) is 36.5 Å². The lowest BCUT2D eigenvalue weighted by Crippen LogP contribution is -2.35. The lowest BCUT2D eigenvalue weighted by Gasteiger charge is -2.20. The molecule has 0 spiro atoms. The summed E-state index contributed by atoms with van der Waals surface area (Å²) in [6.45, 7) is 0. The molecule has 2 aromatic carbocycles. The van der Waals surface area contributed by atoms with Gasteiger partial charge in [-0.2, -0.15) is 36.7 Å². The molecule has 16 heteroatoms. The largest absolute Gasteiger partial charge is 0.441 e. The van der Waals surface area contributed by atoms with E-state index in [4.69, 9.17) is 9.59 Å². The van der Waals surface area contributed by atoms with Crippen molar-refractivity contribution in [3.63, 3.8) is 0 Å². The molecule has 0 saturated carbocycles. The van der Waals surface area contributed by atoms with Gasteiger partial charge in [-0.25, -0.2) is 0 Å². The summed E-state index contributed by atoms with van der Waals surface area (Å²) in [6, 6.07) is 9.61. The number of nitro groups is 1. The number of benzene rings is 2. The number of alkyl halides is 3. The number of hydrogen-bond donors (Lipinski definition) is 1. The summed E-state index contributed by atoms with van der Waals surface area (Å²) in [5.74, 6) is -1.77. The lowest BCUT2D eigenvalue weighted by molar-refractivity contribution is -0.387. The number of amides is 1. The minimum Gasteiger partial charge on any atom is -0.379 e. The molecule has 180 valence electrons. The molecule has 2 aromatic rings. The van der Waals surface area contributed by atoms with Gasteiger partial charge in [-0.1, -0.05) is 24.3 Å².